The smallest absolute Gasteiger partial charge is 0.243 e. The van der Waals surface area contributed by atoms with Gasteiger partial charge < -0.3 is 14.2 Å². The first-order valence-corrected chi connectivity index (χ1v) is 7.91. The fourth-order valence-corrected chi connectivity index (χ4v) is 2.36. The SMILES string of the molecule is COc1cc(CCC(=O)NOCc2ccccc2)cc(OC)c1OC. The summed E-state index contributed by atoms with van der Waals surface area (Å²) in [5.74, 6) is 1.48. The van der Waals surface area contributed by atoms with E-state index in [0.717, 1.165) is 11.1 Å². The van der Waals surface area contributed by atoms with Crippen molar-refractivity contribution in [3.8, 4) is 17.2 Å². The number of hydrogen-bond acceptors (Lipinski definition) is 5. The molecule has 0 radical (unpaired) electrons. The number of aryl methyl sites for hydroxylation is 1. The molecule has 134 valence electrons. The van der Waals surface area contributed by atoms with Crippen LogP contribution in [-0.4, -0.2) is 27.2 Å². The average Bonchev–Trinajstić information content (AvgIpc) is 2.66. The van der Waals surface area contributed by atoms with Gasteiger partial charge in [0.1, 0.15) is 0 Å². The molecule has 0 saturated heterocycles. The lowest BCUT2D eigenvalue weighted by molar-refractivity contribution is -0.134. The van der Waals surface area contributed by atoms with Gasteiger partial charge in [0.25, 0.3) is 0 Å². The number of ether oxygens (including phenoxy) is 3. The summed E-state index contributed by atoms with van der Waals surface area (Å²) in [6, 6.07) is 13.3. The molecule has 0 aliphatic carbocycles. The highest BCUT2D eigenvalue weighted by molar-refractivity contribution is 5.75. The number of rotatable bonds is 9. The van der Waals surface area contributed by atoms with Gasteiger partial charge in [0, 0.05) is 6.42 Å². The first-order valence-electron chi connectivity index (χ1n) is 7.91. The monoisotopic (exact) mass is 345 g/mol. The van der Waals surface area contributed by atoms with Gasteiger partial charge in [0.2, 0.25) is 11.7 Å². The molecule has 1 N–H and O–H groups in total. The molecule has 1 amide bonds. The summed E-state index contributed by atoms with van der Waals surface area (Å²) >= 11 is 0. The lowest BCUT2D eigenvalue weighted by Gasteiger charge is -2.14. The van der Waals surface area contributed by atoms with E-state index in [2.05, 4.69) is 5.48 Å². The van der Waals surface area contributed by atoms with Crippen molar-refractivity contribution in [2.75, 3.05) is 21.3 Å². The minimum Gasteiger partial charge on any atom is -0.493 e. The van der Waals surface area contributed by atoms with Gasteiger partial charge in [-0.1, -0.05) is 30.3 Å². The minimum absolute atomic E-state index is 0.190. The Hall–Kier alpha value is -2.73. The quantitative estimate of drug-likeness (QED) is 0.708. The molecular weight excluding hydrogens is 322 g/mol. The van der Waals surface area contributed by atoms with Crippen molar-refractivity contribution in [2.24, 2.45) is 0 Å². The van der Waals surface area contributed by atoms with Crippen LogP contribution in [-0.2, 0) is 22.7 Å². The summed E-state index contributed by atoms with van der Waals surface area (Å²) < 4.78 is 15.9. The number of carbonyl (C=O) groups is 1. The lowest BCUT2D eigenvalue weighted by atomic mass is 10.1. The third-order valence-electron chi connectivity index (χ3n) is 3.63. The Kier molecular flexibility index (Phi) is 7.10. The number of hydroxylamine groups is 1. The molecule has 0 aliphatic heterocycles. The summed E-state index contributed by atoms with van der Waals surface area (Å²) in [4.78, 5) is 17.1. The van der Waals surface area contributed by atoms with Gasteiger partial charge in [-0.2, -0.15) is 0 Å². The lowest BCUT2D eigenvalue weighted by Crippen LogP contribution is -2.23. The number of nitrogens with one attached hydrogen (secondary N) is 1. The second-order valence-corrected chi connectivity index (χ2v) is 5.33. The Labute approximate surface area is 147 Å². The number of hydrogen-bond donors (Lipinski definition) is 1. The fraction of sp³-hybridized carbons (Fsp3) is 0.316. The van der Waals surface area contributed by atoms with Gasteiger partial charge in [-0.3, -0.25) is 9.63 Å². The van der Waals surface area contributed by atoms with Crippen molar-refractivity contribution < 1.29 is 23.8 Å². The molecule has 0 heterocycles. The van der Waals surface area contributed by atoms with Gasteiger partial charge in [-0.25, -0.2) is 5.48 Å². The molecule has 6 nitrogen and oxygen atoms in total. The van der Waals surface area contributed by atoms with Crippen molar-refractivity contribution in [1.29, 1.82) is 0 Å². The first-order chi connectivity index (χ1) is 12.2. The van der Waals surface area contributed by atoms with Crippen LogP contribution in [0.25, 0.3) is 0 Å². The molecule has 0 saturated carbocycles. The van der Waals surface area contributed by atoms with Crippen LogP contribution in [0.4, 0.5) is 0 Å². The molecule has 0 spiro atoms. The maximum absolute atomic E-state index is 11.9. The molecular formula is C19H23NO5. The van der Waals surface area contributed by atoms with Gasteiger partial charge in [-0.15, -0.1) is 0 Å². The number of methoxy groups -OCH3 is 3. The molecule has 2 aromatic carbocycles. The zero-order chi connectivity index (χ0) is 18.1. The third-order valence-corrected chi connectivity index (χ3v) is 3.63. The molecule has 0 atom stereocenters. The molecule has 6 heteroatoms. The normalized spacial score (nSPS) is 10.2. The second-order valence-electron chi connectivity index (χ2n) is 5.33. The average molecular weight is 345 g/mol. The van der Waals surface area contributed by atoms with Crippen LogP contribution in [0.5, 0.6) is 17.2 Å². The second kappa shape index (κ2) is 9.54. The van der Waals surface area contributed by atoms with E-state index in [0.29, 0.717) is 30.3 Å². The van der Waals surface area contributed by atoms with Crippen molar-refractivity contribution >= 4 is 5.91 Å². The number of carbonyl (C=O) groups excluding carboxylic acids is 1. The van der Waals surface area contributed by atoms with Gasteiger partial charge in [-0.05, 0) is 29.7 Å². The van der Waals surface area contributed by atoms with E-state index < -0.39 is 0 Å². The molecule has 0 bridgehead atoms. The summed E-state index contributed by atoms with van der Waals surface area (Å²) in [5.41, 5.74) is 4.36. The van der Waals surface area contributed by atoms with Gasteiger partial charge >= 0.3 is 0 Å². The van der Waals surface area contributed by atoms with Crippen molar-refractivity contribution in [2.45, 2.75) is 19.4 Å². The van der Waals surface area contributed by atoms with E-state index in [1.807, 2.05) is 42.5 Å². The van der Waals surface area contributed by atoms with Gasteiger partial charge in [0.05, 0.1) is 27.9 Å². The fourth-order valence-electron chi connectivity index (χ4n) is 2.36. The van der Waals surface area contributed by atoms with E-state index in [4.69, 9.17) is 19.0 Å². The van der Waals surface area contributed by atoms with Crippen LogP contribution >= 0.6 is 0 Å². The van der Waals surface area contributed by atoms with E-state index in [1.54, 1.807) is 21.3 Å². The maximum Gasteiger partial charge on any atom is 0.243 e. The molecule has 0 aliphatic rings. The van der Waals surface area contributed by atoms with Crippen molar-refractivity contribution in [3.05, 3.63) is 53.6 Å². The highest BCUT2D eigenvalue weighted by Crippen LogP contribution is 2.38. The summed E-state index contributed by atoms with van der Waals surface area (Å²) in [5, 5.41) is 0. The Morgan fingerprint density at radius 2 is 1.56 bits per heavy atom. The van der Waals surface area contributed by atoms with Crippen LogP contribution in [0.15, 0.2) is 42.5 Å². The highest BCUT2D eigenvalue weighted by Gasteiger charge is 2.13. The Morgan fingerprint density at radius 3 is 2.12 bits per heavy atom. The van der Waals surface area contributed by atoms with E-state index in [1.165, 1.54) is 0 Å². The Balaban J connectivity index is 1.86. The van der Waals surface area contributed by atoms with Crippen molar-refractivity contribution in [3.63, 3.8) is 0 Å². The minimum atomic E-state index is -0.190. The van der Waals surface area contributed by atoms with E-state index in [-0.39, 0.29) is 12.3 Å². The zero-order valence-corrected chi connectivity index (χ0v) is 14.7. The van der Waals surface area contributed by atoms with Crippen LogP contribution in [0.3, 0.4) is 0 Å². The molecule has 2 aromatic rings. The van der Waals surface area contributed by atoms with Crippen LogP contribution in [0.2, 0.25) is 0 Å². The van der Waals surface area contributed by atoms with E-state index >= 15 is 0 Å². The summed E-state index contributed by atoms with van der Waals surface area (Å²) in [7, 11) is 4.67. The summed E-state index contributed by atoms with van der Waals surface area (Å²) in [6.45, 7) is 0.330. The predicted octanol–water partition coefficient (Wildman–Crippen LogP) is 2.89. The Bertz CT molecular complexity index is 662. The molecule has 0 aromatic heterocycles. The molecule has 0 fully saturated rings. The Morgan fingerprint density at radius 1 is 0.920 bits per heavy atom. The largest absolute Gasteiger partial charge is 0.493 e. The number of amides is 1. The topological polar surface area (TPSA) is 66.0 Å². The van der Waals surface area contributed by atoms with Crippen LogP contribution in [0, 0.1) is 0 Å². The van der Waals surface area contributed by atoms with Crippen molar-refractivity contribution in [1.82, 2.24) is 5.48 Å². The maximum atomic E-state index is 11.9. The van der Waals surface area contributed by atoms with Crippen LogP contribution < -0.4 is 19.7 Å². The first kappa shape index (κ1) is 18.6. The molecule has 0 unspecified atom stereocenters. The highest BCUT2D eigenvalue weighted by atomic mass is 16.6. The molecule has 2 rings (SSSR count). The summed E-state index contributed by atoms with van der Waals surface area (Å²) in [6.07, 6.45) is 0.810. The van der Waals surface area contributed by atoms with Crippen LogP contribution in [0.1, 0.15) is 17.5 Å². The van der Waals surface area contributed by atoms with Gasteiger partial charge in [0.15, 0.2) is 11.5 Å². The third kappa shape index (κ3) is 5.39. The number of benzene rings is 2. The molecule has 25 heavy (non-hydrogen) atoms. The predicted molar refractivity (Wildman–Crippen MR) is 93.8 cm³/mol. The van der Waals surface area contributed by atoms with E-state index in [9.17, 15) is 4.79 Å². The zero-order valence-electron chi connectivity index (χ0n) is 14.7. The standard InChI is InChI=1S/C19H23NO5/c1-22-16-11-15(12-17(23-2)19(16)24-3)9-10-18(21)20-25-13-14-7-5-4-6-8-14/h4-8,11-12H,9-10,13H2,1-3H3,(H,20,21).